The van der Waals surface area contributed by atoms with Gasteiger partial charge in [0, 0.05) is 18.8 Å². The van der Waals surface area contributed by atoms with Crippen LogP contribution in [0.25, 0.3) is 0 Å². The monoisotopic (exact) mass is 332 g/mol. The lowest BCUT2D eigenvalue weighted by Gasteiger charge is -2.31. The number of carbonyl (C=O) groups is 2. The van der Waals surface area contributed by atoms with E-state index in [-0.39, 0.29) is 24.6 Å². The first-order valence-corrected chi connectivity index (χ1v) is 7.60. The molecule has 2 aliphatic rings. The van der Waals surface area contributed by atoms with Crippen molar-refractivity contribution < 1.29 is 23.8 Å². The SMILES string of the molecule is COC(=O)C1=C(C(=O)OC)N(c2ccc3c(c2)CN(C)C3)COC1. The van der Waals surface area contributed by atoms with Crippen molar-refractivity contribution in [2.45, 2.75) is 13.1 Å². The zero-order valence-electron chi connectivity index (χ0n) is 14.0. The van der Waals surface area contributed by atoms with Gasteiger partial charge < -0.3 is 19.1 Å². The van der Waals surface area contributed by atoms with Crippen LogP contribution >= 0.6 is 0 Å². The Morgan fingerprint density at radius 2 is 1.79 bits per heavy atom. The van der Waals surface area contributed by atoms with Crippen molar-refractivity contribution in [1.29, 1.82) is 0 Å². The first-order chi connectivity index (χ1) is 11.5. The molecule has 0 saturated heterocycles. The normalized spacial score (nSPS) is 17.7. The summed E-state index contributed by atoms with van der Waals surface area (Å²) >= 11 is 0. The Morgan fingerprint density at radius 3 is 2.50 bits per heavy atom. The number of hydrogen-bond acceptors (Lipinski definition) is 7. The van der Waals surface area contributed by atoms with Gasteiger partial charge in [-0.25, -0.2) is 9.59 Å². The van der Waals surface area contributed by atoms with Gasteiger partial charge in [-0.2, -0.15) is 0 Å². The maximum absolute atomic E-state index is 12.3. The minimum absolute atomic E-state index is 0.0152. The molecule has 0 aliphatic carbocycles. The van der Waals surface area contributed by atoms with Crippen LogP contribution in [-0.4, -0.2) is 51.4 Å². The summed E-state index contributed by atoms with van der Waals surface area (Å²) in [6.45, 7) is 1.93. The molecule has 0 atom stereocenters. The molecule has 1 aromatic carbocycles. The van der Waals surface area contributed by atoms with Crippen LogP contribution in [0.3, 0.4) is 0 Å². The van der Waals surface area contributed by atoms with Crippen molar-refractivity contribution in [1.82, 2.24) is 4.90 Å². The number of fused-ring (bicyclic) bond motifs is 1. The fourth-order valence-corrected chi connectivity index (χ4v) is 3.07. The van der Waals surface area contributed by atoms with E-state index in [1.165, 1.54) is 25.3 Å². The van der Waals surface area contributed by atoms with Crippen LogP contribution < -0.4 is 4.90 Å². The van der Waals surface area contributed by atoms with Crippen molar-refractivity contribution in [2.75, 3.05) is 39.5 Å². The van der Waals surface area contributed by atoms with Crippen LogP contribution in [0, 0.1) is 0 Å². The number of benzene rings is 1. The van der Waals surface area contributed by atoms with Gasteiger partial charge in [0.05, 0.1) is 26.4 Å². The topological polar surface area (TPSA) is 68.3 Å². The zero-order chi connectivity index (χ0) is 17.3. The Bertz CT molecular complexity index is 713. The molecule has 0 unspecified atom stereocenters. The number of hydrogen-bond donors (Lipinski definition) is 0. The predicted molar refractivity (Wildman–Crippen MR) is 86.0 cm³/mol. The number of nitrogens with zero attached hydrogens (tertiary/aromatic N) is 2. The van der Waals surface area contributed by atoms with Gasteiger partial charge in [-0.1, -0.05) is 6.07 Å². The highest BCUT2D eigenvalue weighted by Gasteiger charge is 2.32. The van der Waals surface area contributed by atoms with Crippen LogP contribution in [0.5, 0.6) is 0 Å². The van der Waals surface area contributed by atoms with Gasteiger partial charge >= 0.3 is 11.9 Å². The van der Waals surface area contributed by atoms with Gasteiger partial charge in [-0.3, -0.25) is 4.90 Å². The maximum Gasteiger partial charge on any atom is 0.355 e. The summed E-state index contributed by atoms with van der Waals surface area (Å²) in [5, 5.41) is 0. The summed E-state index contributed by atoms with van der Waals surface area (Å²) in [4.78, 5) is 28.1. The summed E-state index contributed by atoms with van der Waals surface area (Å²) in [5.74, 6) is -1.18. The van der Waals surface area contributed by atoms with Crippen LogP contribution in [0.2, 0.25) is 0 Å². The Morgan fingerprint density at radius 1 is 1.08 bits per heavy atom. The number of esters is 2. The number of methoxy groups -OCH3 is 2. The fraction of sp³-hybridized carbons (Fsp3) is 0.412. The fourth-order valence-electron chi connectivity index (χ4n) is 3.07. The molecule has 0 N–H and O–H groups in total. The Hall–Kier alpha value is -2.38. The summed E-state index contributed by atoms with van der Waals surface area (Å²) in [6.07, 6.45) is 0. The maximum atomic E-state index is 12.3. The Balaban J connectivity index is 2.04. The van der Waals surface area contributed by atoms with Gasteiger partial charge in [0.2, 0.25) is 0 Å². The Labute approximate surface area is 140 Å². The van der Waals surface area contributed by atoms with Crippen molar-refractivity contribution in [3.8, 4) is 0 Å². The molecule has 0 spiro atoms. The van der Waals surface area contributed by atoms with Crippen molar-refractivity contribution in [2.24, 2.45) is 0 Å². The van der Waals surface area contributed by atoms with E-state index in [1.54, 1.807) is 4.90 Å². The average Bonchev–Trinajstić information content (AvgIpc) is 2.98. The quantitative estimate of drug-likeness (QED) is 0.766. The molecule has 24 heavy (non-hydrogen) atoms. The zero-order valence-corrected chi connectivity index (χ0v) is 14.0. The third-order valence-electron chi connectivity index (χ3n) is 4.22. The van der Waals surface area contributed by atoms with Gasteiger partial charge in [-0.05, 0) is 30.3 Å². The molecule has 0 radical (unpaired) electrons. The second kappa shape index (κ2) is 6.62. The minimum atomic E-state index is -0.596. The molecule has 0 bridgehead atoms. The number of carbonyl (C=O) groups excluding carboxylic acids is 2. The van der Waals surface area contributed by atoms with Crippen LogP contribution in [0.15, 0.2) is 29.5 Å². The molecule has 0 amide bonds. The van der Waals surface area contributed by atoms with E-state index < -0.39 is 11.9 Å². The molecule has 7 heteroatoms. The van der Waals surface area contributed by atoms with Gasteiger partial charge in [0.1, 0.15) is 12.4 Å². The summed E-state index contributed by atoms with van der Waals surface area (Å²) in [7, 11) is 4.61. The van der Waals surface area contributed by atoms with Crippen LogP contribution in [0.1, 0.15) is 11.1 Å². The summed E-state index contributed by atoms with van der Waals surface area (Å²) in [5.41, 5.74) is 3.57. The van der Waals surface area contributed by atoms with E-state index >= 15 is 0 Å². The summed E-state index contributed by atoms with van der Waals surface area (Å²) < 4.78 is 15.1. The molecule has 0 fully saturated rings. The lowest BCUT2D eigenvalue weighted by atomic mass is 10.1. The van der Waals surface area contributed by atoms with E-state index in [1.807, 2.05) is 18.2 Å². The van der Waals surface area contributed by atoms with Crippen LogP contribution in [-0.2, 0) is 36.9 Å². The minimum Gasteiger partial charge on any atom is -0.466 e. The lowest BCUT2D eigenvalue weighted by molar-refractivity contribution is -0.140. The van der Waals surface area contributed by atoms with Crippen molar-refractivity contribution in [3.05, 3.63) is 40.6 Å². The second-order valence-corrected chi connectivity index (χ2v) is 5.84. The second-order valence-electron chi connectivity index (χ2n) is 5.84. The molecule has 2 aliphatic heterocycles. The number of rotatable bonds is 3. The largest absolute Gasteiger partial charge is 0.466 e. The lowest BCUT2D eigenvalue weighted by Crippen LogP contribution is -2.38. The highest BCUT2D eigenvalue weighted by atomic mass is 16.5. The molecule has 7 nitrogen and oxygen atoms in total. The first kappa shape index (κ1) is 16.5. The van der Waals surface area contributed by atoms with Gasteiger partial charge in [-0.15, -0.1) is 0 Å². The smallest absolute Gasteiger partial charge is 0.355 e. The molecule has 0 aromatic heterocycles. The predicted octanol–water partition coefficient (Wildman–Crippen LogP) is 1.03. The molecular formula is C17H20N2O5. The average molecular weight is 332 g/mol. The highest BCUT2D eigenvalue weighted by Crippen LogP contribution is 2.31. The molecule has 3 rings (SSSR count). The molecule has 1 aromatic rings. The van der Waals surface area contributed by atoms with E-state index in [0.717, 1.165) is 18.8 Å². The summed E-state index contributed by atoms with van der Waals surface area (Å²) in [6, 6.07) is 5.98. The first-order valence-electron chi connectivity index (χ1n) is 7.60. The van der Waals surface area contributed by atoms with Gasteiger partial charge in [0.15, 0.2) is 0 Å². The van der Waals surface area contributed by atoms with E-state index in [0.29, 0.717) is 0 Å². The highest BCUT2D eigenvalue weighted by molar-refractivity contribution is 6.03. The standard InChI is InChI=1S/C17H20N2O5/c1-18-7-11-4-5-13(6-12(11)8-18)19-10-24-9-14(16(20)22-2)15(19)17(21)23-3/h4-6H,7-10H2,1-3H3. The Kier molecular flexibility index (Phi) is 4.55. The van der Waals surface area contributed by atoms with E-state index in [4.69, 9.17) is 14.2 Å². The third kappa shape index (κ3) is 2.88. The van der Waals surface area contributed by atoms with Crippen molar-refractivity contribution in [3.63, 3.8) is 0 Å². The number of anilines is 1. The van der Waals surface area contributed by atoms with Crippen LogP contribution in [0.4, 0.5) is 5.69 Å². The molecule has 128 valence electrons. The van der Waals surface area contributed by atoms with E-state index in [9.17, 15) is 9.59 Å². The molecular weight excluding hydrogens is 312 g/mol. The van der Waals surface area contributed by atoms with Crippen molar-refractivity contribution >= 4 is 17.6 Å². The van der Waals surface area contributed by atoms with Gasteiger partial charge in [0.25, 0.3) is 0 Å². The van der Waals surface area contributed by atoms with E-state index in [2.05, 4.69) is 11.9 Å². The number of ether oxygens (including phenoxy) is 3. The molecule has 2 heterocycles. The molecule has 0 saturated carbocycles. The third-order valence-corrected chi connectivity index (χ3v) is 4.22.